The number of ether oxygens (including phenoxy) is 2. The van der Waals surface area contributed by atoms with Crippen molar-refractivity contribution < 1.29 is 14.3 Å². The zero-order valence-corrected chi connectivity index (χ0v) is 14.5. The van der Waals surface area contributed by atoms with Crippen LogP contribution in [0, 0.1) is 0 Å². The first kappa shape index (κ1) is 15.7. The van der Waals surface area contributed by atoms with Crippen molar-refractivity contribution >= 4 is 22.9 Å². The number of anilines is 1. The van der Waals surface area contributed by atoms with Gasteiger partial charge in [-0.3, -0.25) is 9.89 Å². The van der Waals surface area contributed by atoms with Crippen molar-refractivity contribution in [3.63, 3.8) is 0 Å². The third kappa shape index (κ3) is 3.10. The van der Waals surface area contributed by atoms with Crippen molar-refractivity contribution in [2.45, 2.75) is 19.8 Å². The number of thiophene rings is 1. The Morgan fingerprint density at radius 3 is 3.00 bits per heavy atom. The largest absolute Gasteiger partial charge is 0.454 e. The van der Waals surface area contributed by atoms with Crippen LogP contribution in [0.2, 0.25) is 0 Å². The summed E-state index contributed by atoms with van der Waals surface area (Å²) < 4.78 is 10.8. The molecule has 6 nitrogen and oxygen atoms in total. The molecule has 0 atom stereocenters. The van der Waals surface area contributed by atoms with E-state index in [0.29, 0.717) is 17.9 Å². The molecule has 2 N–H and O–H groups in total. The predicted octanol–water partition coefficient (Wildman–Crippen LogP) is 3.61. The van der Waals surface area contributed by atoms with E-state index < -0.39 is 0 Å². The van der Waals surface area contributed by atoms with E-state index in [0.717, 1.165) is 34.0 Å². The topological polar surface area (TPSA) is 76.2 Å². The van der Waals surface area contributed by atoms with E-state index in [1.165, 1.54) is 0 Å². The smallest absolute Gasteiger partial charge is 0.231 e. The minimum Gasteiger partial charge on any atom is -0.454 e. The summed E-state index contributed by atoms with van der Waals surface area (Å²) in [6.07, 6.45) is 1.10. The van der Waals surface area contributed by atoms with Crippen molar-refractivity contribution in [1.82, 2.24) is 10.2 Å². The predicted molar refractivity (Wildman–Crippen MR) is 96.2 cm³/mol. The van der Waals surface area contributed by atoms with Crippen LogP contribution in [0.1, 0.15) is 17.5 Å². The molecule has 0 radical (unpaired) electrons. The highest BCUT2D eigenvalue weighted by Gasteiger charge is 2.20. The average Bonchev–Trinajstić information content (AvgIpc) is 3.34. The second-order valence-electron chi connectivity index (χ2n) is 5.65. The number of aromatic amines is 1. The summed E-state index contributed by atoms with van der Waals surface area (Å²) in [4.78, 5) is 13.5. The van der Waals surface area contributed by atoms with Gasteiger partial charge in [0.15, 0.2) is 11.5 Å². The van der Waals surface area contributed by atoms with Crippen LogP contribution in [0.4, 0.5) is 5.69 Å². The molecule has 0 fully saturated rings. The normalized spacial score (nSPS) is 12.4. The van der Waals surface area contributed by atoms with E-state index in [1.54, 1.807) is 11.3 Å². The lowest BCUT2D eigenvalue weighted by molar-refractivity contribution is -0.115. The molecule has 128 valence electrons. The van der Waals surface area contributed by atoms with Gasteiger partial charge in [-0.1, -0.05) is 13.0 Å². The highest BCUT2D eigenvalue weighted by molar-refractivity contribution is 7.10. The van der Waals surface area contributed by atoms with Crippen molar-refractivity contribution in [3.05, 3.63) is 46.3 Å². The van der Waals surface area contributed by atoms with E-state index in [1.807, 2.05) is 42.6 Å². The number of hydrogen-bond acceptors (Lipinski definition) is 5. The van der Waals surface area contributed by atoms with E-state index in [9.17, 15) is 4.79 Å². The third-order valence-corrected chi connectivity index (χ3v) is 4.90. The van der Waals surface area contributed by atoms with Crippen LogP contribution < -0.4 is 14.8 Å². The lowest BCUT2D eigenvalue weighted by atomic mass is 10.1. The number of nitrogens with zero attached hydrogens (tertiary/aromatic N) is 1. The van der Waals surface area contributed by atoms with Crippen LogP contribution in [0.5, 0.6) is 11.5 Å². The Kier molecular flexibility index (Phi) is 4.15. The fourth-order valence-electron chi connectivity index (χ4n) is 2.78. The molecule has 1 aromatic carbocycles. The number of nitrogens with one attached hydrogen (secondary N) is 2. The Morgan fingerprint density at radius 1 is 1.32 bits per heavy atom. The van der Waals surface area contributed by atoms with Crippen molar-refractivity contribution in [2.24, 2.45) is 0 Å². The maximum atomic E-state index is 12.4. The summed E-state index contributed by atoms with van der Waals surface area (Å²) >= 11 is 1.57. The van der Waals surface area contributed by atoms with Gasteiger partial charge in [0.1, 0.15) is 5.69 Å². The standard InChI is InChI=1S/C18H17N3O3S/c1-2-13-18(19-16(22)9-12-4-3-7-25-12)17(21-20-13)11-5-6-14-15(8-11)24-10-23-14/h3-8H,2,9-10H2,1H3,(H,19,22)(H,20,21). The van der Waals surface area contributed by atoms with Crippen LogP contribution in [-0.4, -0.2) is 22.9 Å². The van der Waals surface area contributed by atoms with Gasteiger partial charge in [0.05, 0.1) is 17.8 Å². The fourth-order valence-corrected chi connectivity index (χ4v) is 3.48. The molecule has 0 spiro atoms. The van der Waals surface area contributed by atoms with Crippen LogP contribution in [-0.2, 0) is 17.6 Å². The summed E-state index contributed by atoms with van der Waals surface area (Å²) in [5, 5.41) is 12.4. The Hall–Kier alpha value is -2.80. The first-order valence-electron chi connectivity index (χ1n) is 8.04. The van der Waals surface area contributed by atoms with E-state index in [2.05, 4.69) is 15.5 Å². The second kappa shape index (κ2) is 6.60. The van der Waals surface area contributed by atoms with E-state index in [-0.39, 0.29) is 12.7 Å². The lowest BCUT2D eigenvalue weighted by Crippen LogP contribution is -2.15. The number of carbonyl (C=O) groups excluding carboxylic acids is 1. The molecule has 1 aliphatic rings. The number of hydrogen-bond donors (Lipinski definition) is 2. The highest BCUT2D eigenvalue weighted by Crippen LogP contribution is 2.38. The first-order valence-corrected chi connectivity index (χ1v) is 8.92. The minimum atomic E-state index is -0.0551. The highest BCUT2D eigenvalue weighted by atomic mass is 32.1. The Labute approximate surface area is 148 Å². The molecule has 7 heteroatoms. The first-order chi connectivity index (χ1) is 12.2. The number of H-pyrrole nitrogens is 1. The summed E-state index contributed by atoms with van der Waals surface area (Å²) in [6.45, 7) is 2.25. The Morgan fingerprint density at radius 2 is 2.20 bits per heavy atom. The number of rotatable bonds is 5. The quantitative estimate of drug-likeness (QED) is 0.733. The Bertz CT molecular complexity index is 902. The number of fused-ring (bicyclic) bond motifs is 1. The third-order valence-electron chi connectivity index (χ3n) is 4.02. The summed E-state index contributed by atoms with van der Waals surface area (Å²) in [5.74, 6) is 1.35. The van der Waals surface area contributed by atoms with E-state index >= 15 is 0 Å². The molecule has 3 aromatic rings. The van der Waals surface area contributed by atoms with Crippen molar-refractivity contribution in [3.8, 4) is 22.8 Å². The maximum Gasteiger partial charge on any atom is 0.231 e. The second-order valence-corrected chi connectivity index (χ2v) is 6.68. The van der Waals surface area contributed by atoms with Crippen molar-refractivity contribution in [1.29, 1.82) is 0 Å². The van der Waals surface area contributed by atoms with Crippen LogP contribution in [0.25, 0.3) is 11.3 Å². The SMILES string of the molecule is CCc1[nH]nc(-c2ccc3c(c2)OCO3)c1NC(=O)Cc1cccs1. The summed E-state index contributed by atoms with van der Waals surface area (Å²) in [6, 6.07) is 9.56. The molecule has 1 aliphatic heterocycles. The van der Waals surface area contributed by atoms with Gasteiger partial charge in [0, 0.05) is 10.4 Å². The van der Waals surface area contributed by atoms with Crippen LogP contribution >= 0.6 is 11.3 Å². The molecule has 1 amide bonds. The zero-order valence-electron chi connectivity index (χ0n) is 13.7. The van der Waals surface area contributed by atoms with Crippen LogP contribution in [0.15, 0.2) is 35.7 Å². The van der Waals surface area contributed by atoms with Crippen LogP contribution in [0.3, 0.4) is 0 Å². The zero-order chi connectivity index (χ0) is 17.2. The Balaban J connectivity index is 1.63. The summed E-state index contributed by atoms with van der Waals surface area (Å²) in [5.41, 5.74) is 3.19. The van der Waals surface area contributed by atoms with Gasteiger partial charge in [-0.25, -0.2) is 0 Å². The summed E-state index contributed by atoms with van der Waals surface area (Å²) in [7, 11) is 0. The van der Waals surface area contributed by atoms with Gasteiger partial charge in [-0.15, -0.1) is 11.3 Å². The molecule has 0 bridgehead atoms. The lowest BCUT2D eigenvalue weighted by Gasteiger charge is -2.08. The molecule has 0 unspecified atom stereocenters. The molecule has 25 heavy (non-hydrogen) atoms. The van der Waals surface area contributed by atoms with Gasteiger partial charge in [0.2, 0.25) is 12.7 Å². The molecule has 2 aromatic heterocycles. The minimum absolute atomic E-state index is 0.0551. The van der Waals surface area contributed by atoms with Gasteiger partial charge in [-0.05, 0) is 36.1 Å². The number of benzene rings is 1. The number of amides is 1. The molecule has 0 saturated carbocycles. The number of aryl methyl sites for hydroxylation is 1. The molecule has 3 heterocycles. The molecule has 0 saturated heterocycles. The number of aromatic nitrogens is 2. The van der Waals surface area contributed by atoms with Gasteiger partial charge >= 0.3 is 0 Å². The fraction of sp³-hybridized carbons (Fsp3) is 0.222. The molecular weight excluding hydrogens is 338 g/mol. The van der Waals surface area contributed by atoms with E-state index in [4.69, 9.17) is 9.47 Å². The van der Waals surface area contributed by atoms with Gasteiger partial charge in [-0.2, -0.15) is 5.10 Å². The average molecular weight is 355 g/mol. The van der Waals surface area contributed by atoms with Crippen molar-refractivity contribution in [2.75, 3.05) is 12.1 Å². The van der Waals surface area contributed by atoms with Gasteiger partial charge < -0.3 is 14.8 Å². The molecule has 0 aliphatic carbocycles. The molecule has 4 rings (SSSR count). The number of carbonyl (C=O) groups is 1. The molecular formula is C18H17N3O3S. The maximum absolute atomic E-state index is 12.4. The monoisotopic (exact) mass is 355 g/mol. The van der Waals surface area contributed by atoms with Gasteiger partial charge in [0.25, 0.3) is 0 Å².